The van der Waals surface area contributed by atoms with Gasteiger partial charge in [-0.25, -0.2) is 4.98 Å². The van der Waals surface area contributed by atoms with Gasteiger partial charge in [-0.2, -0.15) is 4.98 Å². The van der Waals surface area contributed by atoms with E-state index in [1.807, 2.05) is 19.1 Å². The number of hydrogen-bond donors (Lipinski definition) is 1. The summed E-state index contributed by atoms with van der Waals surface area (Å²) in [5.41, 5.74) is 1.43. The molecule has 6 nitrogen and oxygen atoms in total. The predicted octanol–water partition coefficient (Wildman–Crippen LogP) is 3.12. The van der Waals surface area contributed by atoms with Crippen molar-refractivity contribution in [2.24, 2.45) is 0 Å². The molecule has 6 heteroatoms. The van der Waals surface area contributed by atoms with Crippen molar-refractivity contribution in [2.75, 3.05) is 13.2 Å². The third-order valence-electron chi connectivity index (χ3n) is 3.79. The lowest BCUT2D eigenvalue weighted by atomic mass is 10.1. The van der Waals surface area contributed by atoms with E-state index in [1.165, 1.54) is 5.56 Å². The van der Waals surface area contributed by atoms with Gasteiger partial charge in [0.1, 0.15) is 5.75 Å². The van der Waals surface area contributed by atoms with Gasteiger partial charge in [0.05, 0.1) is 18.6 Å². The molecule has 130 valence electrons. The lowest BCUT2D eigenvalue weighted by molar-refractivity contribution is 0.283. The lowest BCUT2D eigenvalue weighted by Crippen LogP contribution is -2.12. The summed E-state index contributed by atoms with van der Waals surface area (Å²) in [4.78, 5) is 22.9. The molecule has 0 bridgehead atoms. The molecule has 0 radical (unpaired) electrons. The Hall–Kier alpha value is -2.89. The molecule has 0 saturated heterocycles. The first-order valence-electron chi connectivity index (χ1n) is 8.46. The smallest absolute Gasteiger partial charge is 0.298 e. The molecule has 2 aromatic heterocycles. The topological polar surface area (TPSA) is 77.1 Å². The molecule has 3 rings (SSSR count). The highest BCUT2D eigenvalue weighted by Crippen LogP contribution is 2.14. The van der Waals surface area contributed by atoms with Crippen molar-refractivity contribution in [3.8, 4) is 11.8 Å². The predicted molar refractivity (Wildman–Crippen MR) is 96.2 cm³/mol. The van der Waals surface area contributed by atoms with Gasteiger partial charge >= 0.3 is 0 Å². The monoisotopic (exact) mass is 339 g/mol. The fourth-order valence-electron chi connectivity index (χ4n) is 2.54. The number of unbranched alkanes of at least 4 members (excludes halogenated alkanes) is 1. The Kier molecular flexibility index (Phi) is 5.61. The molecular weight excluding hydrogens is 318 g/mol. The molecule has 0 unspecified atom stereocenters. The summed E-state index contributed by atoms with van der Waals surface area (Å²) >= 11 is 0. The quantitative estimate of drug-likeness (QED) is 0.638. The Morgan fingerprint density at radius 3 is 2.72 bits per heavy atom. The zero-order valence-corrected chi connectivity index (χ0v) is 14.2. The number of aromatic amines is 1. The molecule has 1 N–H and O–H groups in total. The van der Waals surface area contributed by atoms with Crippen molar-refractivity contribution in [3.63, 3.8) is 0 Å². The first-order chi connectivity index (χ1) is 12.3. The summed E-state index contributed by atoms with van der Waals surface area (Å²) in [5.74, 6) is 0.898. The number of ether oxygens (including phenoxy) is 2. The third kappa shape index (κ3) is 4.56. The third-order valence-corrected chi connectivity index (χ3v) is 3.79. The number of aryl methyl sites for hydroxylation is 1. The minimum Gasteiger partial charge on any atom is -0.494 e. The summed E-state index contributed by atoms with van der Waals surface area (Å²) < 4.78 is 11.0. The maximum Gasteiger partial charge on any atom is 0.298 e. The molecule has 25 heavy (non-hydrogen) atoms. The largest absolute Gasteiger partial charge is 0.494 e. The van der Waals surface area contributed by atoms with Gasteiger partial charge in [0.15, 0.2) is 5.65 Å². The second kappa shape index (κ2) is 8.28. The van der Waals surface area contributed by atoms with Crippen molar-refractivity contribution >= 4 is 11.0 Å². The first kappa shape index (κ1) is 17.0. The maximum absolute atomic E-state index is 11.9. The number of rotatable bonds is 8. The molecule has 0 aliphatic heterocycles. The molecular formula is C19H21N3O3. The van der Waals surface area contributed by atoms with E-state index in [4.69, 9.17) is 9.47 Å². The number of benzene rings is 1. The summed E-state index contributed by atoms with van der Waals surface area (Å²) in [6.07, 6.45) is 4.44. The zero-order chi connectivity index (χ0) is 17.5. The number of nitrogens with zero attached hydrogens (tertiary/aromatic N) is 2. The van der Waals surface area contributed by atoms with Gasteiger partial charge < -0.3 is 9.47 Å². The van der Waals surface area contributed by atoms with Crippen molar-refractivity contribution in [1.82, 2.24) is 15.0 Å². The highest BCUT2D eigenvalue weighted by Gasteiger charge is 2.05. The molecule has 0 aliphatic carbocycles. The van der Waals surface area contributed by atoms with Crippen LogP contribution in [0.4, 0.5) is 0 Å². The number of pyridine rings is 1. The average molecular weight is 339 g/mol. The van der Waals surface area contributed by atoms with Crippen LogP contribution in [0.15, 0.2) is 47.4 Å². The van der Waals surface area contributed by atoms with Gasteiger partial charge in [0.25, 0.3) is 11.6 Å². The fourth-order valence-corrected chi connectivity index (χ4v) is 2.54. The minimum absolute atomic E-state index is 0.220. The normalized spacial score (nSPS) is 10.8. The van der Waals surface area contributed by atoms with Gasteiger partial charge in [0.2, 0.25) is 0 Å². The van der Waals surface area contributed by atoms with Crippen LogP contribution >= 0.6 is 0 Å². The van der Waals surface area contributed by atoms with Crippen molar-refractivity contribution in [1.29, 1.82) is 0 Å². The number of aromatic nitrogens is 3. The highest BCUT2D eigenvalue weighted by atomic mass is 16.5. The van der Waals surface area contributed by atoms with Gasteiger partial charge in [0, 0.05) is 6.20 Å². The van der Waals surface area contributed by atoms with Crippen molar-refractivity contribution in [3.05, 3.63) is 58.5 Å². The summed E-state index contributed by atoms with van der Waals surface area (Å²) in [6, 6.07) is 11.8. The number of fused-ring (bicyclic) bond motifs is 1. The van der Waals surface area contributed by atoms with Gasteiger partial charge in [-0.05, 0) is 56.0 Å². The van der Waals surface area contributed by atoms with E-state index in [9.17, 15) is 4.79 Å². The first-order valence-corrected chi connectivity index (χ1v) is 8.46. The minimum atomic E-state index is -0.234. The van der Waals surface area contributed by atoms with Crippen LogP contribution in [-0.2, 0) is 6.42 Å². The molecule has 0 amide bonds. The SMILES string of the molecule is CCOc1ccc(CCCCOc2nc3ncccc3c(=O)[nH]2)cc1. The second-order valence-corrected chi connectivity index (χ2v) is 5.63. The van der Waals surface area contributed by atoms with Crippen LogP contribution in [0.3, 0.4) is 0 Å². The Balaban J connectivity index is 1.46. The molecule has 0 spiro atoms. The Morgan fingerprint density at radius 1 is 1.08 bits per heavy atom. The van der Waals surface area contributed by atoms with Crippen LogP contribution in [0.5, 0.6) is 11.8 Å². The van der Waals surface area contributed by atoms with E-state index in [2.05, 4.69) is 27.1 Å². The van der Waals surface area contributed by atoms with E-state index in [0.717, 1.165) is 25.0 Å². The van der Waals surface area contributed by atoms with Crippen LogP contribution in [-0.4, -0.2) is 28.2 Å². The van der Waals surface area contributed by atoms with E-state index < -0.39 is 0 Å². The van der Waals surface area contributed by atoms with Gasteiger partial charge in [-0.1, -0.05) is 12.1 Å². The molecule has 2 heterocycles. The van der Waals surface area contributed by atoms with Crippen molar-refractivity contribution in [2.45, 2.75) is 26.2 Å². The van der Waals surface area contributed by atoms with Crippen LogP contribution in [0.25, 0.3) is 11.0 Å². The van der Waals surface area contributed by atoms with Crippen LogP contribution in [0, 0.1) is 0 Å². The number of H-pyrrole nitrogens is 1. The Bertz CT molecular complexity index is 875. The summed E-state index contributed by atoms with van der Waals surface area (Å²) in [6.45, 7) is 3.15. The molecule has 0 atom stereocenters. The zero-order valence-electron chi connectivity index (χ0n) is 14.2. The molecule has 0 saturated carbocycles. The van der Waals surface area contributed by atoms with Crippen LogP contribution < -0.4 is 15.0 Å². The van der Waals surface area contributed by atoms with E-state index in [-0.39, 0.29) is 11.6 Å². The molecule has 0 fully saturated rings. The molecule has 1 aromatic carbocycles. The standard InChI is InChI=1S/C19H21N3O3/c1-2-24-15-10-8-14(9-11-15)6-3-4-13-25-19-21-17-16(18(23)22-19)7-5-12-20-17/h5,7-12H,2-4,6,13H2,1H3,(H,20,21,22,23). The van der Waals surface area contributed by atoms with Gasteiger partial charge in [-0.3, -0.25) is 9.78 Å². The fraction of sp³-hybridized carbons (Fsp3) is 0.316. The summed E-state index contributed by atoms with van der Waals surface area (Å²) in [7, 11) is 0. The second-order valence-electron chi connectivity index (χ2n) is 5.63. The summed E-state index contributed by atoms with van der Waals surface area (Å²) in [5, 5.41) is 0.463. The van der Waals surface area contributed by atoms with E-state index in [0.29, 0.717) is 24.2 Å². The van der Waals surface area contributed by atoms with Gasteiger partial charge in [-0.15, -0.1) is 0 Å². The van der Waals surface area contributed by atoms with E-state index in [1.54, 1.807) is 18.3 Å². The van der Waals surface area contributed by atoms with Crippen LogP contribution in [0.2, 0.25) is 0 Å². The average Bonchev–Trinajstić information content (AvgIpc) is 2.63. The van der Waals surface area contributed by atoms with Crippen LogP contribution in [0.1, 0.15) is 25.3 Å². The maximum atomic E-state index is 11.9. The number of hydrogen-bond acceptors (Lipinski definition) is 5. The Morgan fingerprint density at radius 2 is 1.92 bits per heavy atom. The Labute approximate surface area is 145 Å². The lowest BCUT2D eigenvalue weighted by Gasteiger charge is -2.06. The molecule has 0 aliphatic rings. The van der Waals surface area contributed by atoms with E-state index >= 15 is 0 Å². The molecule has 3 aromatic rings. The number of nitrogens with one attached hydrogen (secondary N) is 1. The highest BCUT2D eigenvalue weighted by molar-refractivity contribution is 5.72. The van der Waals surface area contributed by atoms with Crippen molar-refractivity contribution < 1.29 is 9.47 Å².